The van der Waals surface area contributed by atoms with Crippen LogP contribution < -0.4 is 5.32 Å². The van der Waals surface area contributed by atoms with E-state index in [-0.39, 0.29) is 11.5 Å². The minimum Gasteiger partial charge on any atom is -0.366 e. The van der Waals surface area contributed by atoms with Gasteiger partial charge in [0, 0.05) is 18.5 Å². The van der Waals surface area contributed by atoms with Gasteiger partial charge < -0.3 is 14.6 Å². The van der Waals surface area contributed by atoms with Gasteiger partial charge in [-0.3, -0.25) is 0 Å². The van der Waals surface area contributed by atoms with Crippen LogP contribution in [0.2, 0.25) is 0 Å². The Bertz CT molecular complexity index is 500. The Hall–Kier alpha value is -0.940. The quantitative estimate of drug-likeness (QED) is 0.904. The maximum Gasteiger partial charge on any atom is 0.257 e. The molecule has 5 nitrogen and oxygen atoms in total. The summed E-state index contributed by atoms with van der Waals surface area (Å²) in [7, 11) is 0. The fourth-order valence-corrected chi connectivity index (χ4v) is 5.69. The second-order valence-corrected chi connectivity index (χ2v) is 7.72. The number of nitrogens with one attached hydrogen (secondary N) is 1. The lowest BCUT2D eigenvalue weighted by molar-refractivity contribution is -0.0103. The summed E-state index contributed by atoms with van der Waals surface area (Å²) >= 11 is 0. The van der Waals surface area contributed by atoms with Gasteiger partial charge in [0.05, 0.1) is 6.61 Å². The van der Waals surface area contributed by atoms with Crippen LogP contribution in [0.1, 0.15) is 56.3 Å². The molecule has 4 saturated carbocycles. The van der Waals surface area contributed by atoms with Gasteiger partial charge in [0.1, 0.15) is 6.10 Å². The topological polar surface area (TPSA) is 60.2 Å². The van der Waals surface area contributed by atoms with E-state index in [1.807, 2.05) is 0 Å². The minimum absolute atomic E-state index is 0.0612. The van der Waals surface area contributed by atoms with E-state index in [1.54, 1.807) is 0 Å². The van der Waals surface area contributed by atoms with Crippen molar-refractivity contribution in [2.75, 3.05) is 19.7 Å². The Labute approximate surface area is 124 Å². The van der Waals surface area contributed by atoms with Gasteiger partial charge >= 0.3 is 0 Å². The molecular formula is C16H23N3O2. The number of nitrogens with zero attached hydrogens (tertiary/aromatic N) is 2. The molecule has 114 valence electrons. The van der Waals surface area contributed by atoms with Crippen LogP contribution in [-0.4, -0.2) is 29.8 Å². The summed E-state index contributed by atoms with van der Waals surface area (Å²) in [6, 6.07) is 0. The summed E-state index contributed by atoms with van der Waals surface area (Å²) in [6.07, 6.45) is 8.11. The summed E-state index contributed by atoms with van der Waals surface area (Å²) in [6.45, 7) is 2.41. The lowest BCUT2D eigenvalue weighted by Gasteiger charge is -2.55. The molecule has 6 rings (SSSR count). The van der Waals surface area contributed by atoms with Crippen molar-refractivity contribution in [3.8, 4) is 0 Å². The Morgan fingerprint density at radius 3 is 2.38 bits per heavy atom. The Morgan fingerprint density at radius 1 is 1.05 bits per heavy atom. The van der Waals surface area contributed by atoms with Gasteiger partial charge in [0.25, 0.3) is 5.89 Å². The molecule has 1 aliphatic heterocycles. The second kappa shape index (κ2) is 4.53. The van der Waals surface area contributed by atoms with Gasteiger partial charge in [0.2, 0.25) is 0 Å². The molecule has 0 unspecified atom stereocenters. The van der Waals surface area contributed by atoms with Crippen molar-refractivity contribution in [3.63, 3.8) is 0 Å². The van der Waals surface area contributed by atoms with Crippen molar-refractivity contribution in [2.24, 2.45) is 17.8 Å². The van der Waals surface area contributed by atoms with Crippen LogP contribution in [-0.2, 0) is 10.2 Å². The van der Waals surface area contributed by atoms with E-state index in [9.17, 15) is 0 Å². The van der Waals surface area contributed by atoms with Gasteiger partial charge in [0.15, 0.2) is 5.82 Å². The highest BCUT2D eigenvalue weighted by Crippen LogP contribution is 2.60. The molecule has 4 bridgehead atoms. The summed E-state index contributed by atoms with van der Waals surface area (Å²) < 4.78 is 11.3. The number of hydrogen-bond donors (Lipinski definition) is 1. The van der Waals surface area contributed by atoms with Gasteiger partial charge in [-0.05, 0) is 56.3 Å². The third kappa shape index (κ3) is 1.97. The third-order valence-electron chi connectivity index (χ3n) is 6.16. The molecule has 1 N–H and O–H groups in total. The monoisotopic (exact) mass is 289 g/mol. The van der Waals surface area contributed by atoms with E-state index in [0.29, 0.717) is 5.89 Å². The summed E-state index contributed by atoms with van der Waals surface area (Å²) in [4.78, 5) is 4.78. The van der Waals surface area contributed by atoms with E-state index in [0.717, 1.165) is 43.3 Å². The summed E-state index contributed by atoms with van der Waals surface area (Å²) in [5.74, 6) is 4.38. The minimum atomic E-state index is -0.0612. The fourth-order valence-electron chi connectivity index (χ4n) is 5.69. The molecule has 0 amide bonds. The van der Waals surface area contributed by atoms with Crippen LogP contribution in [0.4, 0.5) is 0 Å². The zero-order valence-electron chi connectivity index (χ0n) is 12.4. The van der Waals surface area contributed by atoms with E-state index < -0.39 is 0 Å². The first-order chi connectivity index (χ1) is 10.3. The van der Waals surface area contributed by atoms with Crippen molar-refractivity contribution in [3.05, 3.63) is 11.7 Å². The highest BCUT2D eigenvalue weighted by atomic mass is 16.5. The van der Waals surface area contributed by atoms with Gasteiger partial charge in [-0.1, -0.05) is 5.16 Å². The SMILES string of the molecule is C1CO[C@H](c2nc(C34CC5CC(CC(C5)C3)C4)no2)CN1. The summed E-state index contributed by atoms with van der Waals surface area (Å²) in [5, 5.41) is 7.71. The molecule has 0 spiro atoms. The molecule has 2 heterocycles. The van der Waals surface area contributed by atoms with Crippen LogP contribution in [0.15, 0.2) is 4.52 Å². The first kappa shape index (κ1) is 12.6. The normalized spacial score (nSPS) is 45.1. The molecule has 5 aliphatic rings. The standard InChI is InChI=1S/C16H23N3O2/c1-2-20-13(9-17-1)14-18-15(19-21-14)16-6-10-3-11(7-16)5-12(4-10)8-16/h10-13,17H,1-9H2/t10?,11?,12?,13-,16?/m0/s1. The average Bonchev–Trinajstić information content (AvgIpc) is 2.97. The Kier molecular flexibility index (Phi) is 2.71. The third-order valence-corrected chi connectivity index (χ3v) is 6.16. The number of aromatic nitrogens is 2. The molecule has 5 heteroatoms. The summed E-state index contributed by atoms with van der Waals surface area (Å²) in [5.41, 5.74) is 0.221. The predicted molar refractivity (Wildman–Crippen MR) is 75.7 cm³/mol. The molecule has 1 atom stereocenters. The Balaban J connectivity index is 1.44. The van der Waals surface area contributed by atoms with Crippen molar-refractivity contribution in [2.45, 2.75) is 50.0 Å². The highest BCUT2D eigenvalue weighted by Gasteiger charge is 2.54. The average molecular weight is 289 g/mol. The van der Waals surface area contributed by atoms with E-state index in [1.165, 1.54) is 38.5 Å². The Morgan fingerprint density at radius 2 is 1.76 bits per heavy atom. The smallest absolute Gasteiger partial charge is 0.257 e. The van der Waals surface area contributed by atoms with Crippen LogP contribution in [0, 0.1) is 17.8 Å². The van der Waals surface area contributed by atoms with Crippen LogP contribution in [0.3, 0.4) is 0 Å². The molecule has 1 aromatic rings. The maximum absolute atomic E-state index is 5.74. The van der Waals surface area contributed by atoms with E-state index >= 15 is 0 Å². The maximum atomic E-state index is 5.74. The number of morpholine rings is 1. The predicted octanol–water partition coefficient (Wildman–Crippen LogP) is 2.20. The van der Waals surface area contributed by atoms with Crippen LogP contribution >= 0.6 is 0 Å². The second-order valence-electron chi connectivity index (χ2n) is 7.72. The van der Waals surface area contributed by atoms with Crippen molar-refractivity contribution in [1.82, 2.24) is 15.5 Å². The number of rotatable bonds is 2. The molecule has 1 aromatic heterocycles. The number of ether oxygens (including phenoxy) is 1. The van der Waals surface area contributed by atoms with Crippen LogP contribution in [0.25, 0.3) is 0 Å². The fraction of sp³-hybridized carbons (Fsp3) is 0.875. The molecule has 0 radical (unpaired) electrons. The van der Waals surface area contributed by atoms with E-state index in [4.69, 9.17) is 14.2 Å². The van der Waals surface area contributed by atoms with E-state index in [2.05, 4.69) is 10.5 Å². The molecule has 0 aromatic carbocycles. The van der Waals surface area contributed by atoms with Crippen molar-refractivity contribution in [1.29, 1.82) is 0 Å². The van der Waals surface area contributed by atoms with Crippen LogP contribution in [0.5, 0.6) is 0 Å². The molecule has 5 fully saturated rings. The largest absolute Gasteiger partial charge is 0.366 e. The molecule has 4 aliphatic carbocycles. The zero-order valence-corrected chi connectivity index (χ0v) is 12.4. The molecule has 21 heavy (non-hydrogen) atoms. The molecule has 1 saturated heterocycles. The van der Waals surface area contributed by atoms with Gasteiger partial charge in [-0.15, -0.1) is 0 Å². The zero-order chi connectivity index (χ0) is 13.9. The first-order valence-electron chi connectivity index (χ1n) is 8.47. The highest BCUT2D eigenvalue weighted by molar-refractivity contribution is 5.16. The van der Waals surface area contributed by atoms with Crippen molar-refractivity contribution >= 4 is 0 Å². The first-order valence-corrected chi connectivity index (χ1v) is 8.47. The van der Waals surface area contributed by atoms with Crippen molar-refractivity contribution < 1.29 is 9.26 Å². The number of hydrogen-bond acceptors (Lipinski definition) is 5. The lowest BCUT2D eigenvalue weighted by atomic mass is 9.49. The molecular weight excluding hydrogens is 266 g/mol. The van der Waals surface area contributed by atoms with Gasteiger partial charge in [-0.2, -0.15) is 4.98 Å². The van der Waals surface area contributed by atoms with Gasteiger partial charge in [-0.25, -0.2) is 0 Å². The lowest BCUT2D eigenvalue weighted by Crippen LogP contribution is -2.49.